The molecule has 0 fully saturated rings. The van der Waals surface area contributed by atoms with Crippen LogP contribution in [-0.4, -0.2) is 36.4 Å². The molecule has 0 unspecified atom stereocenters. The smallest absolute Gasteiger partial charge is 0.260 e. The van der Waals surface area contributed by atoms with Gasteiger partial charge in [0, 0.05) is 23.3 Å². The molecule has 2 rings (SSSR count). The van der Waals surface area contributed by atoms with Crippen molar-refractivity contribution in [3.8, 4) is 5.75 Å². The third-order valence-electron chi connectivity index (χ3n) is 3.70. The molecule has 0 bridgehead atoms. The first-order chi connectivity index (χ1) is 12.4. The molecule has 1 N–H and O–H groups in total. The maximum absolute atomic E-state index is 13.1. The lowest BCUT2D eigenvalue weighted by Crippen LogP contribution is -2.40. The van der Waals surface area contributed by atoms with Gasteiger partial charge in [-0.05, 0) is 43.7 Å². The number of amides is 2. The Morgan fingerprint density at radius 1 is 1.23 bits per heavy atom. The van der Waals surface area contributed by atoms with Crippen molar-refractivity contribution < 1.29 is 18.7 Å². The maximum atomic E-state index is 13.1. The van der Waals surface area contributed by atoms with Crippen LogP contribution in [0.2, 0.25) is 5.02 Å². The quantitative estimate of drug-likeness (QED) is 0.800. The standard InChI is InChI=1S/C19H20ClFN2O3/c1-3-23(19(25)12-26-16-6-4-5-15(21)10-16)11-18(24)22-17-9-14(20)8-7-13(17)2/h4-10H,3,11-12H2,1-2H3,(H,22,24). The van der Waals surface area contributed by atoms with Crippen molar-refractivity contribution >= 4 is 29.1 Å². The summed E-state index contributed by atoms with van der Waals surface area (Å²) in [7, 11) is 0. The zero-order chi connectivity index (χ0) is 19.1. The van der Waals surface area contributed by atoms with Gasteiger partial charge >= 0.3 is 0 Å². The van der Waals surface area contributed by atoms with Gasteiger partial charge < -0.3 is 15.0 Å². The number of halogens is 2. The topological polar surface area (TPSA) is 58.6 Å². The molecule has 26 heavy (non-hydrogen) atoms. The van der Waals surface area contributed by atoms with E-state index in [0.717, 1.165) is 5.56 Å². The summed E-state index contributed by atoms with van der Waals surface area (Å²) in [6.07, 6.45) is 0. The van der Waals surface area contributed by atoms with Gasteiger partial charge in [0.15, 0.2) is 6.61 Å². The fourth-order valence-electron chi connectivity index (χ4n) is 2.26. The highest BCUT2D eigenvalue weighted by molar-refractivity contribution is 6.31. The van der Waals surface area contributed by atoms with E-state index in [1.807, 2.05) is 6.92 Å². The van der Waals surface area contributed by atoms with Gasteiger partial charge in [0.25, 0.3) is 5.91 Å². The minimum absolute atomic E-state index is 0.117. The minimum Gasteiger partial charge on any atom is -0.484 e. The van der Waals surface area contributed by atoms with Crippen LogP contribution in [-0.2, 0) is 9.59 Å². The Morgan fingerprint density at radius 2 is 2.00 bits per heavy atom. The number of hydrogen-bond donors (Lipinski definition) is 1. The van der Waals surface area contributed by atoms with Crippen LogP contribution in [0.15, 0.2) is 42.5 Å². The maximum Gasteiger partial charge on any atom is 0.260 e. The second kappa shape index (κ2) is 9.20. The summed E-state index contributed by atoms with van der Waals surface area (Å²) in [6.45, 7) is 3.56. The Bertz CT molecular complexity index is 798. The third kappa shape index (κ3) is 5.74. The Morgan fingerprint density at radius 3 is 2.69 bits per heavy atom. The van der Waals surface area contributed by atoms with E-state index in [2.05, 4.69) is 5.32 Å². The normalized spacial score (nSPS) is 10.3. The van der Waals surface area contributed by atoms with Gasteiger partial charge in [0.05, 0.1) is 6.54 Å². The van der Waals surface area contributed by atoms with E-state index in [9.17, 15) is 14.0 Å². The van der Waals surface area contributed by atoms with E-state index in [1.54, 1.807) is 31.2 Å². The Kier molecular flexibility index (Phi) is 6.97. The van der Waals surface area contributed by atoms with Crippen LogP contribution in [0.3, 0.4) is 0 Å². The largest absolute Gasteiger partial charge is 0.484 e. The molecular formula is C19H20ClFN2O3. The van der Waals surface area contributed by atoms with Crippen molar-refractivity contribution in [2.75, 3.05) is 25.0 Å². The summed E-state index contributed by atoms with van der Waals surface area (Å²) >= 11 is 5.94. The molecule has 7 heteroatoms. The van der Waals surface area contributed by atoms with Crippen molar-refractivity contribution in [1.29, 1.82) is 0 Å². The first-order valence-corrected chi connectivity index (χ1v) is 8.49. The van der Waals surface area contributed by atoms with E-state index < -0.39 is 5.82 Å². The van der Waals surface area contributed by atoms with Crippen LogP contribution in [0.5, 0.6) is 5.75 Å². The molecule has 0 saturated carbocycles. The van der Waals surface area contributed by atoms with Crippen molar-refractivity contribution in [1.82, 2.24) is 4.90 Å². The number of anilines is 1. The SMILES string of the molecule is CCN(CC(=O)Nc1cc(Cl)ccc1C)C(=O)COc1cccc(F)c1. The zero-order valence-electron chi connectivity index (χ0n) is 14.6. The van der Waals surface area contributed by atoms with Crippen LogP contribution in [0.4, 0.5) is 10.1 Å². The highest BCUT2D eigenvalue weighted by Gasteiger charge is 2.17. The highest BCUT2D eigenvalue weighted by atomic mass is 35.5. The number of hydrogen-bond acceptors (Lipinski definition) is 3. The van der Waals surface area contributed by atoms with Crippen LogP contribution < -0.4 is 10.1 Å². The number of benzene rings is 2. The predicted molar refractivity (Wildman–Crippen MR) is 99.0 cm³/mol. The van der Waals surface area contributed by atoms with Crippen molar-refractivity contribution in [3.63, 3.8) is 0 Å². The Hall–Kier alpha value is -2.60. The van der Waals surface area contributed by atoms with Crippen LogP contribution in [0.25, 0.3) is 0 Å². The summed E-state index contributed by atoms with van der Waals surface area (Å²) in [6, 6.07) is 10.7. The van der Waals surface area contributed by atoms with Crippen molar-refractivity contribution in [2.45, 2.75) is 13.8 Å². The number of carbonyl (C=O) groups excluding carboxylic acids is 2. The molecule has 2 aromatic carbocycles. The molecule has 0 spiro atoms. The molecule has 138 valence electrons. The molecule has 0 radical (unpaired) electrons. The Labute approximate surface area is 156 Å². The lowest BCUT2D eigenvalue weighted by atomic mass is 10.2. The van der Waals surface area contributed by atoms with Crippen LogP contribution >= 0.6 is 11.6 Å². The monoisotopic (exact) mass is 378 g/mol. The third-order valence-corrected chi connectivity index (χ3v) is 3.94. The summed E-state index contributed by atoms with van der Waals surface area (Å²) in [5, 5.41) is 3.26. The van der Waals surface area contributed by atoms with Gasteiger partial charge in [-0.2, -0.15) is 0 Å². The van der Waals surface area contributed by atoms with E-state index in [4.69, 9.17) is 16.3 Å². The van der Waals surface area contributed by atoms with E-state index >= 15 is 0 Å². The average molecular weight is 379 g/mol. The van der Waals surface area contributed by atoms with Crippen LogP contribution in [0.1, 0.15) is 12.5 Å². The number of likely N-dealkylation sites (N-methyl/N-ethyl adjacent to an activating group) is 1. The molecule has 0 aliphatic heterocycles. The molecule has 0 aliphatic rings. The number of rotatable bonds is 7. The molecule has 2 aromatic rings. The second-order valence-corrected chi connectivity index (χ2v) is 6.10. The van der Waals surface area contributed by atoms with E-state index in [1.165, 1.54) is 23.1 Å². The number of nitrogens with zero attached hydrogens (tertiary/aromatic N) is 1. The van der Waals surface area contributed by atoms with E-state index in [0.29, 0.717) is 17.3 Å². The first-order valence-electron chi connectivity index (χ1n) is 8.11. The molecule has 0 aromatic heterocycles. The summed E-state index contributed by atoms with van der Waals surface area (Å²) in [4.78, 5) is 25.8. The predicted octanol–water partition coefficient (Wildman–Crippen LogP) is 3.65. The summed E-state index contributed by atoms with van der Waals surface area (Å²) < 4.78 is 18.4. The van der Waals surface area contributed by atoms with Crippen LogP contribution in [0, 0.1) is 12.7 Å². The fourth-order valence-corrected chi connectivity index (χ4v) is 2.43. The summed E-state index contributed by atoms with van der Waals surface area (Å²) in [5.74, 6) is -0.891. The first kappa shape index (κ1) is 19.7. The molecular weight excluding hydrogens is 359 g/mol. The zero-order valence-corrected chi connectivity index (χ0v) is 15.3. The van der Waals surface area contributed by atoms with Crippen molar-refractivity contribution in [3.05, 3.63) is 58.9 Å². The number of ether oxygens (including phenoxy) is 1. The molecule has 5 nitrogen and oxygen atoms in total. The molecule has 0 heterocycles. The van der Waals surface area contributed by atoms with Gasteiger partial charge in [-0.15, -0.1) is 0 Å². The van der Waals surface area contributed by atoms with E-state index in [-0.39, 0.29) is 30.7 Å². The number of aryl methyl sites for hydroxylation is 1. The van der Waals surface area contributed by atoms with Gasteiger partial charge in [-0.25, -0.2) is 4.39 Å². The van der Waals surface area contributed by atoms with Gasteiger partial charge in [0.2, 0.25) is 5.91 Å². The fraction of sp³-hybridized carbons (Fsp3) is 0.263. The molecule has 0 saturated heterocycles. The van der Waals surface area contributed by atoms with Gasteiger partial charge in [0.1, 0.15) is 11.6 Å². The molecule has 0 atom stereocenters. The lowest BCUT2D eigenvalue weighted by molar-refractivity contribution is -0.136. The van der Waals surface area contributed by atoms with Gasteiger partial charge in [-0.3, -0.25) is 9.59 Å². The number of nitrogens with one attached hydrogen (secondary N) is 1. The second-order valence-electron chi connectivity index (χ2n) is 5.66. The van der Waals surface area contributed by atoms with Gasteiger partial charge in [-0.1, -0.05) is 23.7 Å². The highest BCUT2D eigenvalue weighted by Crippen LogP contribution is 2.20. The lowest BCUT2D eigenvalue weighted by Gasteiger charge is -2.21. The number of carbonyl (C=O) groups is 2. The molecule has 0 aliphatic carbocycles. The minimum atomic E-state index is -0.446. The summed E-state index contributed by atoms with van der Waals surface area (Å²) in [5.41, 5.74) is 1.47. The van der Waals surface area contributed by atoms with Crippen molar-refractivity contribution in [2.24, 2.45) is 0 Å². The molecule has 2 amide bonds. The Balaban J connectivity index is 1.91. The average Bonchev–Trinajstić information content (AvgIpc) is 2.61.